The molecule has 0 aliphatic heterocycles. The van der Waals surface area contributed by atoms with Gasteiger partial charge in [0, 0.05) is 14.0 Å². The monoisotopic (exact) mass is 248 g/mol. The molecule has 0 saturated heterocycles. The number of ether oxygens (including phenoxy) is 4. The van der Waals surface area contributed by atoms with Crippen LogP contribution in [-0.2, 0) is 28.5 Å². The Balaban J connectivity index is 3.69. The van der Waals surface area contributed by atoms with Gasteiger partial charge in [0.2, 0.25) is 6.29 Å². The van der Waals surface area contributed by atoms with E-state index in [0.717, 1.165) is 0 Å². The molecule has 1 unspecified atom stereocenters. The molecule has 0 bridgehead atoms. The Labute approximate surface area is 101 Å². The molecule has 0 heterocycles. The Bertz CT molecular complexity index is 238. The van der Waals surface area contributed by atoms with Crippen LogP contribution < -0.4 is 0 Å². The van der Waals surface area contributed by atoms with Crippen LogP contribution in [0.25, 0.3) is 0 Å². The third-order valence-electron chi connectivity index (χ3n) is 1.70. The van der Waals surface area contributed by atoms with Gasteiger partial charge in [-0.1, -0.05) is 13.8 Å². The summed E-state index contributed by atoms with van der Waals surface area (Å²) in [5, 5.41) is 0. The van der Waals surface area contributed by atoms with Gasteiger partial charge in [0.15, 0.2) is 0 Å². The van der Waals surface area contributed by atoms with Gasteiger partial charge in [0.05, 0.1) is 19.1 Å². The molecule has 0 aromatic carbocycles. The maximum atomic E-state index is 11.2. The van der Waals surface area contributed by atoms with Gasteiger partial charge >= 0.3 is 11.9 Å². The van der Waals surface area contributed by atoms with Crippen LogP contribution in [0.5, 0.6) is 0 Å². The van der Waals surface area contributed by atoms with E-state index in [1.807, 2.05) is 0 Å². The lowest BCUT2D eigenvalue weighted by molar-refractivity contribution is -0.189. The van der Waals surface area contributed by atoms with Crippen molar-refractivity contribution in [2.75, 3.05) is 26.9 Å². The number of rotatable bonds is 8. The molecular formula is C11H20O6. The number of methoxy groups -OCH3 is 1. The molecular weight excluding hydrogens is 228 g/mol. The van der Waals surface area contributed by atoms with E-state index in [4.69, 9.17) is 18.9 Å². The number of esters is 2. The summed E-state index contributed by atoms with van der Waals surface area (Å²) in [6.45, 7) is 5.41. The Morgan fingerprint density at radius 1 is 1.06 bits per heavy atom. The van der Waals surface area contributed by atoms with Gasteiger partial charge in [-0.3, -0.25) is 4.79 Å². The fourth-order valence-electron chi connectivity index (χ4n) is 0.841. The van der Waals surface area contributed by atoms with Crippen LogP contribution in [0, 0.1) is 5.92 Å². The second-order valence-corrected chi connectivity index (χ2v) is 3.69. The number of carbonyl (C=O) groups excluding carboxylic acids is 2. The summed E-state index contributed by atoms with van der Waals surface area (Å²) < 4.78 is 19.3. The summed E-state index contributed by atoms with van der Waals surface area (Å²) in [4.78, 5) is 22.4. The molecule has 6 nitrogen and oxygen atoms in total. The van der Waals surface area contributed by atoms with Crippen molar-refractivity contribution in [3.8, 4) is 0 Å². The first-order valence-electron chi connectivity index (χ1n) is 5.44. The highest BCUT2D eigenvalue weighted by Gasteiger charge is 2.16. The summed E-state index contributed by atoms with van der Waals surface area (Å²) in [6.07, 6.45) is -0.900. The van der Waals surface area contributed by atoms with Gasteiger partial charge in [0.25, 0.3) is 0 Å². The average molecular weight is 248 g/mol. The molecule has 0 aromatic rings. The number of hydrogen-bond donors (Lipinski definition) is 0. The second-order valence-electron chi connectivity index (χ2n) is 3.69. The van der Waals surface area contributed by atoms with E-state index < -0.39 is 18.2 Å². The minimum absolute atomic E-state index is 0.188. The van der Waals surface area contributed by atoms with Crippen LogP contribution in [0.2, 0.25) is 0 Å². The lowest BCUT2D eigenvalue weighted by Crippen LogP contribution is -2.26. The van der Waals surface area contributed by atoms with E-state index in [0.29, 0.717) is 13.2 Å². The lowest BCUT2D eigenvalue weighted by Gasteiger charge is -2.15. The fraction of sp³-hybridized carbons (Fsp3) is 0.818. The normalized spacial score (nSPS) is 12.3. The van der Waals surface area contributed by atoms with E-state index in [-0.39, 0.29) is 12.5 Å². The van der Waals surface area contributed by atoms with E-state index in [9.17, 15) is 9.59 Å². The zero-order valence-electron chi connectivity index (χ0n) is 10.7. The van der Waals surface area contributed by atoms with E-state index in [2.05, 4.69) is 0 Å². The van der Waals surface area contributed by atoms with E-state index >= 15 is 0 Å². The van der Waals surface area contributed by atoms with Crippen molar-refractivity contribution in [1.82, 2.24) is 0 Å². The first-order valence-corrected chi connectivity index (χ1v) is 5.44. The standard InChI is InChI=1S/C11H20O6/c1-8(2)11(13)17-9(3)16-10(12)7-15-6-5-14-4/h8-9H,5-7H2,1-4H3. The molecule has 0 spiro atoms. The quantitative estimate of drug-likeness (QED) is 0.358. The summed E-state index contributed by atoms with van der Waals surface area (Å²) in [5.41, 5.74) is 0. The summed E-state index contributed by atoms with van der Waals surface area (Å²) in [6, 6.07) is 0. The minimum Gasteiger partial charge on any atom is -0.425 e. The molecule has 0 saturated carbocycles. The lowest BCUT2D eigenvalue weighted by atomic mass is 10.2. The first-order chi connectivity index (χ1) is 7.97. The average Bonchev–Trinajstić information content (AvgIpc) is 2.24. The van der Waals surface area contributed by atoms with Crippen molar-refractivity contribution in [1.29, 1.82) is 0 Å². The van der Waals surface area contributed by atoms with Crippen molar-refractivity contribution in [2.24, 2.45) is 5.92 Å². The van der Waals surface area contributed by atoms with Crippen molar-refractivity contribution in [3.63, 3.8) is 0 Å². The molecule has 6 heteroatoms. The predicted octanol–water partition coefficient (Wildman–Crippen LogP) is 0.738. The molecule has 100 valence electrons. The molecule has 0 aromatic heterocycles. The molecule has 0 rings (SSSR count). The highest BCUT2D eigenvalue weighted by molar-refractivity contribution is 5.73. The second kappa shape index (κ2) is 8.95. The van der Waals surface area contributed by atoms with Gasteiger partial charge < -0.3 is 18.9 Å². The van der Waals surface area contributed by atoms with Gasteiger partial charge in [0.1, 0.15) is 6.61 Å². The summed E-state index contributed by atoms with van der Waals surface area (Å²) in [7, 11) is 1.54. The summed E-state index contributed by atoms with van der Waals surface area (Å²) in [5.74, 6) is -1.25. The highest BCUT2D eigenvalue weighted by atomic mass is 16.7. The zero-order chi connectivity index (χ0) is 13.3. The van der Waals surface area contributed by atoms with Crippen LogP contribution in [0.15, 0.2) is 0 Å². The van der Waals surface area contributed by atoms with Crippen molar-refractivity contribution in [3.05, 3.63) is 0 Å². The highest BCUT2D eigenvalue weighted by Crippen LogP contribution is 2.02. The maximum absolute atomic E-state index is 11.2. The Morgan fingerprint density at radius 2 is 1.71 bits per heavy atom. The topological polar surface area (TPSA) is 71.1 Å². The van der Waals surface area contributed by atoms with Gasteiger partial charge in [-0.15, -0.1) is 0 Å². The third-order valence-corrected chi connectivity index (χ3v) is 1.70. The Hall–Kier alpha value is -1.14. The van der Waals surface area contributed by atoms with Gasteiger partial charge in [-0.2, -0.15) is 0 Å². The van der Waals surface area contributed by atoms with Crippen LogP contribution in [0.1, 0.15) is 20.8 Å². The predicted molar refractivity (Wildman–Crippen MR) is 59.2 cm³/mol. The largest absolute Gasteiger partial charge is 0.425 e. The molecule has 1 atom stereocenters. The SMILES string of the molecule is COCCOCC(=O)OC(C)OC(=O)C(C)C. The Morgan fingerprint density at radius 3 is 2.24 bits per heavy atom. The van der Waals surface area contributed by atoms with E-state index in [1.165, 1.54) is 14.0 Å². The summed E-state index contributed by atoms with van der Waals surface area (Å²) >= 11 is 0. The zero-order valence-corrected chi connectivity index (χ0v) is 10.7. The molecule has 0 radical (unpaired) electrons. The molecule has 0 N–H and O–H groups in total. The van der Waals surface area contributed by atoms with Crippen LogP contribution >= 0.6 is 0 Å². The molecule has 17 heavy (non-hydrogen) atoms. The van der Waals surface area contributed by atoms with Gasteiger partial charge in [-0.25, -0.2) is 4.79 Å². The molecule has 0 aliphatic carbocycles. The van der Waals surface area contributed by atoms with Crippen molar-refractivity contribution < 1.29 is 28.5 Å². The Kier molecular flexibility index (Phi) is 8.35. The molecule has 0 fully saturated rings. The molecule has 0 amide bonds. The third kappa shape index (κ3) is 8.65. The molecule has 0 aliphatic rings. The first kappa shape index (κ1) is 15.9. The van der Waals surface area contributed by atoms with Crippen molar-refractivity contribution >= 4 is 11.9 Å². The van der Waals surface area contributed by atoms with Crippen molar-refractivity contribution in [2.45, 2.75) is 27.1 Å². The van der Waals surface area contributed by atoms with Crippen LogP contribution in [0.3, 0.4) is 0 Å². The fourth-order valence-corrected chi connectivity index (χ4v) is 0.841. The van der Waals surface area contributed by atoms with Crippen LogP contribution in [-0.4, -0.2) is 45.2 Å². The van der Waals surface area contributed by atoms with E-state index in [1.54, 1.807) is 13.8 Å². The smallest absolute Gasteiger partial charge is 0.335 e. The minimum atomic E-state index is -0.900. The van der Waals surface area contributed by atoms with Gasteiger partial charge in [-0.05, 0) is 0 Å². The maximum Gasteiger partial charge on any atom is 0.335 e. The number of carbonyl (C=O) groups is 2. The van der Waals surface area contributed by atoms with Crippen LogP contribution in [0.4, 0.5) is 0 Å². The number of hydrogen-bond acceptors (Lipinski definition) is 6.